The summed E-state index contributed by atoms with van der Waals surface area (Å²) in [4.78, 5) is 21.1. The van der Waals surface area contributed by atoms with Crippen LogP contribution in [0.25, 0.3) is 10.8 Å². The molecule has 0 saturated carbocycles. The molecule has 0 amide bonds. The SMILES string of the molecule is O=C(O)c1ccc2c(S(=O)(=O)[O-])cc(C(=O)O)cc2c1.[Na+]. The molecule has 0 saturated heterocycles. The second-order valence-electron chi connectivity index (χ2n) is 3.97. The number of hydrogen-bond acceptors (Lipinski definition) is 5. The molecule has 0 aliphatic heterocycles. The van der Waals surface area contributed by atoms with Crippen LogP contribution in [0.5, 0.6) is 0 Å². The minimum Gasteiger partial charge on any atom is -0.744 e. The second-order valence-corrected chi connectivity index (χ2v) is 5.32. The molecule has 2 N–H and O–H groups in total. The third-order valence-corrected chi connectivity index (χ3v) is 3.55. The van der Waals surface area contributed by atoms with Crippen LogP contribution in [0.15, 0.2) is 35.2 Å². The third-order valence-electron chi connectivity index (χ3n) is 2.68. The fourth-order valence-electron chi connectivity index (χ4n) is 1.80. The van der Waals surface area contributed by atoms with Crippen molar-refractivity contribution < 1.29 is 62.3 Å². The zero-order chi connectivity index (χ0) is 15.1. The summed E-state index contributed by atoms with van der Waals surface area (Å²) in [6.45, 7) is 0. The normalized spacial score (nSPS) is 10.9. The second kappa shape index (κ2) is 6.12. The summed E-state index contributed by atoms with van der Waals surface area (Å²) in [5.41, 5.74) is -0.552. The molecular formula is C12H7NaO7S. The largest absolute Gasteiger partial charge is 1.00 e. The molecule has 2 rings (SSSR count). The minimum atomic E-state index is -4.88. The van der Waals surface area contributed by atoms with Gasteiger partial charge in [0.1, 0.15) is 10.1 Å². The molecule has 0 bridgehead atoms. The minimum absolute atomic E-state index is 0. The topological polar surface area (TPSA) is 132 Å². The van der Waals surface area contributed by atoms with Crippen molar-refractivity contribution in [1.82, 2.24) is 0 Å². The van der Waals surface area contributed by atoms with Gasteiger partial charge in [-0.25, -0.2) is 18.0 Å². The molecule has 0 radical (unpaired) electrons. The van der Waals surface area contributed by atoms with Gasteiger partial charge in [0.25, 0.3) is 0 Å². The maximum atomic E-state index is 11.2. The van der Waals surface area contributed by atoms with Gasteiger partial charge < -0.3 is 14.8 Å². The molecule has 0 fully saturated rings. The van der Waals surface area contributed by atoms with E-state index in [0.29, 0.717) is 0 Å². The smallest absolute Gasteiger partial charge is 0.744 e. The molecular weight excluding hydrogens is 311 g/mol. The Balaban J connectivity index is 0.00000220. The summed E-state index contributed by atoms with van der Waals surface area (Å²) in [7, 11) is -4.88. The molecule has 2 aromatic rings. The number of aromatic carboxylic acids is 2. The van der Waals surface area contributed by atoms with Crippen LogP contribution < -0.4 is 29.6 Å². The van der Waals surface area contributed by atoms with E-state index in [-0.39, 0.29) is 45.9 Å². The molecule has 0 spiro atoms. The van der Waals surface area contributed by atoms with Gasteiger partial charge in [-0.05, 0) is 35.0 Å². The Hall–Kier alpha value is -1.45. The Bertz CT molecular complexity index is 837. The standard InChI is InChI=1S/C12H8O7S.Na/c13-11(14)6-1-2-9-7(3-6)4-8(12(15)16)5-10(9)20(17,18)19;/h1-5H,(H,13,14)(H,15,16)(H,17,18,19);/q;+1/p-1. The first-order valence-electron chi connectivity index (χ1n) is 5.20. The number of carboxylic acid groups (broad SMARTS) is 2. The van der Waals surface area contributed by atoms with Gasteiger partial charge in [-0.15, -0.1) is 0 Å². The van der Waals surface area contributed by atoms with Gasteiger partial charge in [0.05, 0.1) is 16.0 Å². The predicted octanol–water partition coefficient (Wildman–Crippen LogP) is -1.86. The molecule has 0 aliphatic carbocycles. The van der Waals surface area contributed by atoms with E-state index in [4.69, 9.17) is 10.2 Å². The van der Waals surface area contributed by atoms with Crippen molar-refractivity contribution >= 4 is 32.8 Å². The van der Waals surface area contributed by atoms with Gasteiger partial charge >= 0.3 is 41.5 Å². The Labute approximate surface area is 141 Å². The summed E-state index contributed by atoms with van der Waals surface area (Å²) in [6, 6.07) is 5.28. The molecule has 0 aliphatic rings. The molecule has 0 heterocycles. The van der Waals surface area contributed by atoms with Crippen LogP contribution in [0, 0.1) is 0 Å². The quantitative estimate of drug-likeness (QED) is 0.501. The van der Waals surface area contributed by atoms with E-state index in [0.717, 1.165) is 30.3 Å². The van der Waals surface area contributed by atoms with Gasteiger partial charge in [0, 0.05) is 0 Å². The average molecular weight is 318 g/mol. The van der Waals surface area contributed by atoms with Gasteiger partial charge in [-0.2, -0.15) is 0 Å². The van der Waals surface area contributed by atoms with E-state index < -0.39 is 32.5 Å². The molecule has 2 aromatic carbocycles. The number of benzene rings is 2. The van der Waals surface area contributed by atoms with Crippen molar-refractivity contribution in [3.05, 3.63) is 41.5 Å². The Morgan fingerprint density at radius 3 is 1.95 bits per heavy atom. The Morgan fingerprint density at radius 1 is 0.952 bits per heavy atom. The van der Waals surface area contributed by atoms with E-state index in [9.17, 15) is 22.6 Å². The summed E-state index contributed by atoms with van der Waals surface area (Å²) >= 11 is 0. The van der Waals surface area contributed by atoms with Crippen LogP contribution in [0.1, 0.15) is 20.7 Å². The van der Waals surface area contributed by atoms with E-state index in [1.807, 2.05) is 0 Å². The van der Waals surface area contributed by atoms with Crippen LogP contribution in [0.3, 0.4) is 0 Å². The van der Waals surface area contributed by atoms with Crippen molar-refractivity contribution in [2.45, 2.75) is 4.90 Å². The van der Waals surface area contributed by atoms with Gasteiger partial charge in [-0.3, -0.25) is 0 Å². The van der Waals surface area contributed by atoms with Crippen molar-refractivity contribution in [2.24, 2.45) is 0 Å². The van der Waals surface area contributed by atoms with E-state index in [1.54, 1.807) is 0 Å². The van der Waals surface area contributed by atoms with Crippen LogP contribution in [0.4, 0.5) is 0 Å². The molecule has 0 aromatic heterocycles. The first-order valence-corrected chi connectivity index (χ1v) is 6.61. The number of rotatable bonds is 3. The zero-order valence-corrected chi connectivity index (χ0v) is 13.5. The van der Waals surface area contributed by atoms with E-state index in [2.05, 4.69) is 0 Å². The van der Waals surface area contributed by atoms with Gasteiger partial charge in [0.15, 0.2) is 0 Å². The number of carboxylic acids is 2. The summed E-state index contributed by atoms with van der Waals surface area (Å²) < 4.78 is 33.5. The van der Waals surface area contributed by atoms with Crippen LogP contribution in [-0.4, -0.2) is 35.1 Å². The number of fused-ring (bicyclic) bond motifs is 1. The van der Waals surface area contributed by atoms with E-state index >= 15 is 0 Å². The maximum absolute atomic E-state index is 11.2. The maximum Gasteiger partial charge on any atom is 1.00 e. The van der Waals surface area contributed by atoms with Gasteiger partial charge in [-0.1, -0.05) is 6.07 Å². The van der Waals surface area contributed by atoms with Crippen molar-refractivity contribution in [3.8, 4) is 0 Å². The summed E-state index contributed by atoms with van der Waals surface area (Å²) in [6.07, 6.45) is 0. The van der Waals surface area contributed by atoms with Crippen molar-refractivity contribution in [3.63, 3.8) is 0 Å². The molecule has 104 valence electrons. The Morgan fingerprint density at radius 2 is 1.48 bits per heavy atom. The van der Waals surface area contributed by atoms with Crippen LogP contribution >= 0.6 is 0 Å². The number of carbonyl (C=O) groups is 2. The molecule has 0 unspecified atom stereocenters. The monoisotopic (exact) mass is 318 g/mol. The van der Waals surface area contributed by atoms with Crippen molar-refractivity contribution in [1.29, 1.82) is 0 Å². The molecule has 0 atom stereocenters. The average Bonchev–Trinajstić information content (AvgIpc) is 2.35. The summed E-state index contributed by atoms with van der Waals surface area (Å²) in [5.74, 6) is -2.67. The third kappa shape index (κ3) is 3.60. The predicted molar refractivity (Wildman–Crippen MR) is 65.8 cm³/mol. The van der Waals surface area contributed by atoms with Crippen LogP contribution in [0.2, 0.25) is 0 Å². The van der Waals surface area contributed by atoms with Crippen molar-refractivity contribution in [2.75, 3.05) is 0 Å². The number of hydrogen-bond donors (Lipinski definition) is 2. The molecule has 9 heteroatoms. The fourth-order valence-corrected chi connectivity index (χ4v) is 2.52. The zero-order valence-electron chi connectivity index (χ0n) is 10.7. The van der Waals surface area contributed by atoms with E-state index in [1.165, 1.54) is 0 Å². The molecule has 21 heavy (non-hydrogen) atoms. The Kier molecular flexibility index (Phi) is 5.13. The first kappa shape index (κ1) is 17.6. The molecule has 7 nitrogen and oxygen atoms in total. The van der Waals surface area contributed by atoms with Crippen LogP contribution in [-0.2, 0) is 10.1 Å². The summed E-state index contributed by atoms with van der Waals surface area (Å²) in [5, 5.41) is 17.8. The first-order chi connectivity index (χ1) is 9.20. The fraction of sp³-hybridized carbons (Fsp3) is 0. The van der Waals surface area contributed by atoms with Gasteiger partial charge in [0.2, 0.25) is 0 Å².